The molecule has 7 aromatic rings. The first-order chi connectivity index (χ1) is 20.2. The van der Waals surface area contributed by atoms with Gasteiger partial charge in [-0.25, -0.2) is 9.97 Å². The second kappa shape index (κ2) is 10.2. The molecule has 0 radical (unpaired) electrons. The highest BCUT2D eigenvalue weighted by atomic mass is 16.3. The van der Waals surface area contributed by atoms with Gasteiger partial charge in [-0.2, -0.15) is 0 Å². The maximum atomic E-state index is 10.8. The SMILES string of the molecule is Cc1cnc(-c2cccc(-c3ccnc4c3nc(-c3ccccc3O)n4-c3ccccc3)c2)cc1-c1ccccc1. The van der Waals surface area contributed by atoms with E-state index in [0.717, 1.165) is 44.8 Å². The Kier molecular flexibility index (Phi) is 6.10. The Morgan fingerprint density at radius 1 is 0.610 bits per heavy atom. The van der Waals surface area contributed by atoms with Crippen LogP contribution in [-0.4, -0.2) is 24.6 Å². The molecule has 0 aliphatic carbocycles. The molecule has 0 unspecified atom stereocenters. The minimum absolute atomic E-state index is 0.170. The van der Waals surface area contributed by atoms with Crippen molar-refractivity contribution in [2.45, 2.75) is 6.92 Å². The summed E-state index contributed by atoms with van der Waals surface area (Å²) in [6.45, 7) is 2.09. The molecule has 1 N–H and O–H groups in total. The molecule has 0 aliphatic heterocycles. The summed E-state index contributed by atoms with van der Waals surface area (Å²) in [7, 11) is 0. The van der Waals surface area contributed by atoms with Crippen molar-refractivity contribution in [1.82, 2.24) is 19.5 Å². The number of hydrogen-bond acceptors (Lipinski definition) is 4. The van der Waals surface area contributed by atoms with Gasteiger partial charge < -0.3 is 5.11 Å². The fourth-order valence-corrected chi connectivity index (χ4v) is 5.33. The van der Waals surface area contributed by atoms with Crippen molar-refractivity contribution in [3.8, 4) is 56.3 Å². The van der Waals surface area contributed by atoms with Gasteiger partial charge >= 0.3 is 0 Å². The minimum atomic E-state index is 0.170. The van der Waals surface area contributed by atoms with Gasteiger partial charge in [0.15, 0.2) is 11.5 Å². The summed E-state index contributed by atoms with van der Waals surface area (Å²) in [5.74, 6) is 0.802. The van der Waals surface area contributed by atoms with Gasteiger partial charge in [0.1, 0.15) is 11.3 Å². The van der Waals surface area contributed by atoms with Gasteiger partial charge in [0.25, 0.3) is 0 Å². The van der Waals surface area contributed by atoms with Gasteiger partial charge in [0.2, 0.25) is 0 Å². The van der Waals surface area contributed by atoms with Crippen molar-refractivity contribution in [3.05, 3.63) is 139 Å². The van der Waals surface area contributed by atoms with Crippen molar-refractivity contribution < 1.29 is 5.11 Å². The lowest BCUT2D eigenvalue weighted by Gasteiger charge is -2.11. The third-order valence-electron chi connectivity index (χ3n) is 7.36. The van der Waals surface area contributed by atoms with Gasteiger partial charge in [-0.15, -0.1) is 0 Å². The molecule has 5 nitrogen and oxygen atoms in total. The van der Waals surface area contributed by atoms with Crippen molar-refractivity contribution in [2.24, 2.45) is 0 Å². The number of fused-ring (bicyclic) bond motifs is 1. The van der Waals surface area contributed by atoms with Crippen LogP contribution in [0.3, 0.4) is 0 Å². The second-order valence-electron chi connectivity index (χ2n) is 9.99. The minimum Gasteiger partial charge on any atom is -0.507 e. The highest BCUT2D eigenvalue weighted by molar-refractivity contribution is 5.94. The van der Waals surface area contributed by atoms with Crippen LogP contribution in [0.5, 0.6) is 5.75 Å². The molecule has 3 heterocycles. The van der Waals surface area contributed by atoms with E-state index >= 15 is 0 Å². The van der Waals surface area contributed by atoms with Crippen LogP contribution in [0.2, 0.25) is 0 Å². The number of phenolic OH excluding ortho intramolecular Hbond substituents is 1. The van der Waals surface area contributed by atoms with Crippen LogP contribution in [0.4, 0.5) is 0 Å². The van der Waals surface area contributed by atoms with E-state index in [1.165, 1.54) is 11.1 Å². The van der Waals surface area contributed by atoms with E-state index in [0.29, 0.717) is 11.4 Å². The number of pyridine rings is 2. The molecule has 41 heavy (non-hydrogen) atoms. The molecule has 0 atom stereocenters. The Bertz CT molecular complexity index is 2010. The van der Waals surface area contributed by atoms with E-state index in [1.54, 1.807) is 6.07 Å². The molecular formula is C36H26N4O. The summed E-state index contributed by atoms with van der Waals surface area (Å²) in [6, 6.07) is 40.2. The average molecular weight is 531 g/mol. The quantitative estimate of drug-likeness (QED) is 0.242. The van der Waals surface area contributed by atoms with E-state index in [-0.39, 0.29) is 5.75 Å². The predicted molar refractivity (Wildman–Crippen MR) is 165 cm³/mol. The molecule has 0 saturated carbocycles. The molecule has 0 spiro atoms. The lowest BCUT2D eigenvalue weighted by Crippen LogP contribution is -1.98. The van der Waals surface area contributed by atoms with E-state index in [9.17, 15) is 5.11 Å². The molecule has 0 saturated heterocycles. The van der Waals surface area contributed by atoms with E-state index in [1.807, 2.05) is 77.6 Å². The first-order valence-electron chi connectivity index (χ1n) is 13.5. The van der Waals surface area contributed by atoms with Gasteiger partial charge in [-0.05, 0) is 71.6 Å². The van der Waals surface area contributed by atoms with Crippen LogP contribution in [0, 0.1) is 6.92 Å². The molecule has 0 fully saturated rings. The number of benzene rings is 4. The molecule has 196 valence electrons. The van der Waals surface area contributed by atoms with Crippen molar-refractivity contribution in [3.63, 3.8) is 0 Å². The highest BCUT2D eigenvalue weighted by Gasteiger charge is 2.20. The zero-order chi connectivity index (χ0) is 27.8. The maximum absolute atomic E-state index is 10.8. The van der Waals surface area contributed by atoms with Crippen molar-refractivity contribution in [1.29, 1.82) is 0 Å². The van der Waals surface area contributed by atoms with Gasteiger partial charge in [-0.1, -0.05) is 78.9 Å². The van der Waals surface area contributed by atoms with Crippen LogP contribution in [0.25, 0.3) is 61.8 Å². The Hall–Kier alpha value is -5.55. The van der Waals surface area contributed by atoms with Gasteiger partial charge in [0.05, 0.1) is 11.3 Å². The Morgan fingerprint density at radius 2 is 1.32 bits per heavy atom. The number of aromatic hydroxyl groups is 1. The lowest BCUT2D eigenvalue weighted by atomic mass is 9.97. The molecule has 5 heteroatoms. The highest BCUT2D eigenvalue weighted by Crippen LogP contribution is 2.37. The molecule has 7 rings (SSSR count). The van der Waals surface area contributed by atoms with E-state index in [2.05, 4.69) is 61.5 Å². The van der Waals surface area contributed by atoms with Crippen LogP contribution in [-0.2, 0) is 0 Å². The Morgan fingerprint density at radius 3 is 2.12 bits per heavy atom. The number of hydrogen-bond donors (Lipinski definition) is 1. The first kappa shape index (κ1) is 24.5. The van der Waals surface area contributed by atoms with Crippen LogP contribution in [0.15, 0.2) is 134 Å². The molecule has 0 bridgehead atoms. The predicted octanol–water partition coefficient (Wildman–Crippen LogP) is 8.50. The summed E-state index contributed by atoms with van der Waals surface area (Å²) in [5.41, 5.74) is 10.4. The Balaban J connectivity index is 1.40. The lowest BCUT2D eigenvalue weighted by molar-refractivity contribution is 0.477. The number of nitrogens with zero attached hydrogens (tertiary/aromatic N) is 4. The smallest absolute Gasteiger partial charge is 0.165 e. The summed E-state index contributed by atoms with van der Waals surface area (Å²) >= 11 is 0. The fourth-order valence-electron chi connectivity index (χ4n) is 5.33. The number of para-hydroxylation sites is 2. The number of aryl methyl sites for hydroxylation is 1. The van der Waals surface area contributed by atoms with Gasteiger partial charge in [-0.3, -0.25) is 9.55 Å². The third kappa shape index (κ3) is 4.43. The normalized spacial score (nSPS) is 11.1. The maximum Gasteiger partial charge on any atom is 0.165 e. The van der Waals surface area contributed by atoms with Crippen LogP contribution in [0.1, 0.15) is 5.56 Å². The fraction of sp³-hybridized carbons (Fsp3) is 0.0278. The summed E-state index contributed by atoms with van der Waals surface area (Å²) in [4.78, 5) is 14.6. The van der Waals surface area contributed by atoms with Gasteiger partial charge in [0, 0.05) is 29.2 Å². The van der Waals surface area contributed by atoms with Crippen LogP contribution < -0.4 is 0 Å². The second-order valence-corrected chi connectivity index (χ2v) is 9.99. The summed E-state index contributed by atoms with van der Waals surface area (Å²) in [5, 5.41) is 10.8. The summed E-state index contributed by atoms with van der Waals surface area (Å²) < 4.78 is 2.01. The van der Waals surface area contributed by atoms with E-state index < -0.39 is 0 Å². The van der Waals surface area contributed by atoms with E-state index in [4.69, 9.17) is 15.0 Å². The third-order valence-corrected chi connectivity index (χ3v) is 7.36. The number of imidazole rings is 1. The number of rotatable bonds is 5. The van der Waals surface area contributed by atoms with Crippen LogP contribution >= 0.6 is 0 Å². The number of aromatic nitrogens is 4. The molecule has 0 aliphatic rings. The molecule has 0 amide bonds. The molecular weight excluding hydrogens is 504 g/mol. The Labute approximate surface area is 238 Å². The van der Waals surface area contributed by atoms with Crippen molar-refractivity contribution >= 4 is 11.2 Å². The molecule has 3 aromatic heterocycles. The topological polar surface area (TPSA) is 63.8 Å². The van der Waals surface area contributed by atoms with Crippen molar-refractivity contribution in [2.75, 3.05) is 0 Å². The standard InChI is InChI=1S/C36H26N4O/c1-24-23-38-32(22-31(24)25-11-4-2-5-12-25)27-14-10-13-26(21-27)29-19-20-37-36-34(29)39-35(30-17-8-9-18-33(30)41)40(36)28-15-6-3-7-16-28/h2-23,41H,1H3. The largest absolute Gasteiger partial charge is 0.507 e. The number of phenols is 1. The zero-order valence-corrected chi connectivity index (χ0v) is 22.4. The summed E-state index contributed by atoms with van der Waals surface area (Å²) in [6.07, 6.45) is 3.76. The average Bonchev–Trinajstić information content (AvgIpc) is 3.42. The first-order valence-corrected chi connectivity index (χ1v) is 13.5. The monoisotopic (exact) mass is 530 g/mol. The molecule has 4 aromatic carbocycles. The zero-order valence-electron chi connectivity index (χ0n) is 22.4.